The minimum absolute atomic E-state index is 0.109. The zero-order valence-electron chi connectivity index (χ0n) is 17.1. The van der Waals surface area contributed by atoms with E-state index < -0.39 is 18.9 Å². The number of aliphatic hydroxyl groups excluding tert-OH is 1. The van der Waals surface area contributed by atoms with Crippen LogP contribution in [0.1, 0.15) is 30.1 Å². The van der Waals surface area contributed by atoms with E-state index in [2.05, 4.69) is 25.0 Å². The SMILES string of the molecule is COc1cc(Nc2nc(COCC(F)(F)F)cc(C(C)O)n2)ccc1-n1cnc(C)c1. The fraction of sp³-hybridized carbons (Fsp3) is 0.350. The van der Waals surface area contributed by atoms with Gasteiger partial charge < -0.3 is 24.5 Å². The Morgan fingerprint density at radius 1 is 1.23 bits per heavy atom. The molecule has 0 saturated heterocycles. The quantitative estimate of drug-likeness (QED) is 0.553. The molecule has 2 aromatic heterocycles. The van der Waals surface area contributed by atoms with Crippen molar-refractivity contribution in [3.8, 4) is 11.4 Å². The summed E-state index contributed by atoms with van der Waals surface area (Å²) in [6.45, 7) is 1.60. The van der Waals surface area contributed by atoms with Gasteiger partial charge in [-0.2, -0.15) is 13.2 Å². The third-order valence-corrected chi connectivity index (χ3v) is 4.17. The zero-order chi connectivity index (χ0) is 22.6. The Kier molecular flexibility index (Phi) is 6.76. The normalized spacial score (nSPS) is 12.6. The highest BCUT2D eigenvalue weighted by Crippen LogP contribution is 2.28. The summed E-state index contributed by atoms with van der Waals surface area (Å²) in [5.74, 6) is 0.667. The highest BCUT2D eigenvalue weighted by atomic mass is 19.4. The molecule has 0 radical (unpaired) electrons. The Hall–Kier alpha value is -3.18. The zero-order valence-corrected chi connectivity index (χ0v) is 17.1. The molecule has 11 heteroatoms. The summed E-state index contributed by atoms with van der Waals surface area (Å²) in [7, 11) is 1.53. The van der Waals surface area contributed by atoms with Gasteiger partial charge >= 0.3 is 6.18 Å². The number of halogens is 3. The lowest BCUT2D eigenvalue weighted by molar-refractivity contribution is -0.176. The second-order valence-corrected chi connectivity index (χ2v) is 6.83. The van der Waals surface area contributed by atoms with Gasteiger partial charge in [0.1, 0.15) is 12.4 Å². The van der Waals surface area contributed by atoms with Crippen LogP contribution in [0.2, 0.25) is 0 Å². The Labute approximate surface area is 176 Å². The highest BCUT2D eigenvalue weighted by Gasteiger charge is 2.27. The van der Waals surface area contributed by atoms with Crippen LogP contribution in [-0.4, -0.2) is 44.5 Å². The predicted molar refractivity (Wildman–Crippen MR) is 107 cm³/mol. The molecule has 0 aliphatic heterocycles. The minimum atomic E-state index is -4.44. The number of alkyl halides is 3. The first-order chi connectivity index (χ1) is 14.6. The summed E-state index contributed by atoms with van der Waals surface area (Å²) < 4.78 is 49.0. The number of nitrogens with one attached hydrogen (secondary N) is 1. The number of rotatable bonds is 8. The summed E-state index contributed by atoms with van der Waals surface area (Å²) in [4.78, 5) is 12.6. The van der Waals surface area contributed by atoms with Crippen LogP contribution in [-0.2, 0) is 11.3 Å². The first kappa shape index (κ1) is 22.5. The average Bonchev–Trinajstić information content (AvgIpc) is 3.12. The fourth-order valence-corrected chi connectivity index (χ4v) is 2.78. The fourth-order valence-electron chi connectivity index (χ4n) is 2.78. The van der Waals surface area contributed by atoms with E-state index in [9.17, 15) is 18.3 Å². The van der Waals surface area contributed by atoms with Gasteiger partial charge in [-0.3, -0.25) is 0 Å². The molecule has 0 saturated carbocycles. The van der Waals surface area contributed by atoms with Crippen LogP contribution in [0.3, 0.4) is 0 Å². The van der Waals surface area contributed by atoms with Gasteiger partial charge in [0, 0.05) is 18.0 Å². The molecule has 0 bridgehead atoms. The molecule has 0 spiro atoms. The van der Waals surface area contributed by atoms with Crippen molar-refractivity contribution in [2.75, 3.05) is 19.0 Å². The summed E-state index contributed by atoms with van der Waals surface area (Å²) in [5, 5.41) is 12.9. The molecule has 0 aliphatic carbocycles. The molecule has 3 aromatic rings. The number of ether oxygens (including phenoxy) is 2. The molecule has 0 amide bonds. The van der Waals surface area contributed by atoms with Gasteiger partial charge in [-0.1, -0.05) is 0 Å². The summed E-state index contributed by atoms with van der Waals surface area (Å²) in [5.41, 5.74) is 2.67. The van der Waals surface area contributed by atoms with E-state index in [4.69, 9.17) is 4.74 Å². The van der Waals surface area contributed by atoms with E-state index in [-0.39, 0.29) is 23.9 Å². The van der Waals surface area contributed by atoms with Gasteiger partial charge in [0.25, 0.3) is 0 Å². The number of imidazole rings is 1. The number of benzene rings is 1. The van der Waals surface area contributed by atoms with E-state index in [1.165, 1.54) is 20.1 Å². The van der Waals surface area contributed by atoms with Crippen molar-refractivity contribution >= 4 is 11.6 Å². The molecular formula is C20H22F3N5O3. The number of anilines is 2. The van der Waals surface area contributed by atoms with Gasteiger partial charge in [-0.15, -0.1) is 0 Å². The Balaban J connectivity index is 1.83. The predicted octanol–water partition coefficient (Wildman–Crippen LogP) is 3.86. The number of hydrogen-bond donors (Lipinski definition) is 2. The maximum atomic E-state index is 12.3. The van der Waals surface area contributed by atoms with E-state index in [1.54, 1.807) is 18.5 Å². The number of aromatic nitrogens is 4. The lowest BCUT2D eigenvalue weighted by Crippen LogP contribution is -2.17. The second kappa shape index (κ2) is 9.31. The van der Waals surface area contributed by atoms with Crippen LogP contribution in [0, 0.1) is 6.92 Å². The Morgan fingerprint density at radius 2 is 2.00 bits per heavy atom. The maximum Gasteiger partial charge on any atom is 0.411 e. The highest BCUT2D eigenvalue weighted by molar-refractivity contribution is 5.62. The van der Waals surface area contributed by atoms with Gasteiger partial charge in [-0.05, 0) is 32.0 Å². The molecule has 2 heterocycles. The smallest absolute Gasteiger partial charge is 0.411 e. The molecule has 3 rings (SSSR count). The van der Waals surface area contributed by atoms with Gasteiger partial charge in [-0.25, -0.2) is 15.0 Å². The number of aryl methyl sites for hydroxylation is 1. The topological polar surface area (TPSA) is 94.3 Å². The number of nitrogens with zero attached hydrogens (tertiary/aromatic N) is 4. The summed E-state index contributed by atoms with van der Waals surface area (Å²) >= 11 is 0. The van der Waals surface area contributed by atoms with Crippen LogP contribution < -0.4 is 10.1 Å². The van der Waals surface area contributed by atoms with Crippen molar-refractivity contribution in [1.82, 2.24) is 19.5 Å². The number of aliphatic hydroxyl groups is 1. The van der Waals surface area contributed by atoms with Crippen LogP contribution in [0.15, 0.2) is 36.8 Å². The standard InChI is InChI=1S/C20H22F3N5O3/c1-12-8-28(11-24-12)17-5-4-14(7-18(17)30-3)25-19-26-15(6-16(27-19)13(2)29)9-31-10-20(21,22)23/h4-8,11,13,29H,9-10H2,1-3H3,(H,25,26,27). The van der Waals surface area contributed by atoms with Crippen molar-refractivity contribution in [1.29, 1.82) is 0 Å². The average molecular weight is 437 g/mol. The molecule has 2 N–H and O–H groups in total. The molecule has 0 aliphatic rings. The third kappa shape index (κ3) is 6.15. The van der Waals surface area contributed by atoms with Crippen molar-refractivity contribution in [2.45, 2.75) is 32.7 Å². The summed E-state index contributed by atoms with van der Waals surface area (Å²) in [6.07, 6.45) is -1.85. The molecule has 8 nitrogen and oxygen atoms in total. The second-order valence-electron chi connectivity index (χ2n) is 6.83. The van der Waals surface area contributed by atoms with Crippen molar-refractivity contribution < 1.29 is 27.8 Å². The lowest BCUT2D eigenvalue weighted by Gasteiger charge is -2.14. The van der Waals surface area contributed by atoms with E-state index in [1.807, 2.05) is 23.8 Å². The van der Waals surface area contributed by atoms with Gasteiger partial charge in [0.05, 0.1) is 48.9 Å². The molecule has 1 atom stereocenters. The van der Waals surface area contributed by atoms with Crippen molar-refractivity contribution in [3.63, 3.8) is 0 Å². The maximum absolute atomic E-state index is 12.3. The first-order valence-electron chi connectivity index (χ1n) is 9.31. The van der Waals surface area contributed by atoms with E-state index >= 15 is 0 Å². The van der Waals surface area contributed by atoms with Crippen molar-refractivity contribution in [2.24, 2.45) is 0 Å². The third-order valence-electron chi connectivity index (χ3n) is 4.17. The van der Waals surface area contributed by atoms with E-state index in [0.29, 0.717) is 11.4 Å². The monoisotopic (exact) mass is 437 g/mol. The Bertz CT molecular complexity index is 1040. The number of methoxy groups -OCH3 is 1. The Morgan fingerprint density at radius 3 is 2.61 bits per heavy atom. The minimum Gasteiger partial charge on any atom is -0.494 e. The van der Waals surface area contributed by atoms with Gasteiger partial charge in [0.2, 0.25) is 5.95 Å². The largest absolute Gasteiger partial charge is 0.494 e. The lowest BCUT2D eigenvalue weighted by atomic mass is 10.2. The van der Waals surface area contributed by atoms with Crippen molar-refractivity contribution in [3.05, 3.63) is 53.9 Å². The van der Waals surface area contributed by atoms with Crippen LogP contribution in [0.25, 0.3) is 5.69 Å². The molecule has 1 unspecified atom stereocenters. The molecule has 1 aromatic carbocycles. The van der Waals surface area contributed by atoms with Crippen LogP contribution in [0.4, 0.5) is 24.8 Å². The first-order valence-corrected chi connectivity index (χ1v) is 9.31. The summed E-state index contributed by atoms with van der Waals surface area (Å²) in [6, 6.07) is 6.71. The van der Waals surface area contributed by atoms with Gasteiger partial charge in [0.15, 0.2) is 0 Å². The van der Waals surface area contributed by atoms with E-state index in [0.717, 1.165) is 11.4 Å². The van der Waals surface area contributed by atoms with Crippen LogP contribution in [0.5, 0.6) is 5.75 Å². The molecule has 166 valence electrons. The number of hydrogen-bond acceptors (Lipinski definition) is 7. The molecule has 31 heavy (non-hydrogen) atoms. The molecular weight excluding hydrogens is 415 g/mol. The van der Waals surface area contributed by atoms with Crippen LogP contribution >= 0.6 is 0 Å². The molecule has 0 fully saturated rings.